The van der Waals surface area contributed by atoms with Crippen LogP contribution in [0, 0.1) is 11.3 Å². The monoisotopic (exact) mass is 242 g/mol. The van der Waals surface area contributed by atoms with E-state index in [0.717, 1.165) is 25.2 Å². The molecule has 1 aliphatic carbocycles. The van der Waals surface area contributed by atoms with Gasteiger partial charge in [0.1, 0.15) is 0 Å². The quantitative estimate of drug-likeness (QED) is 0.690. The standard InChI is InChI=1S/C14H30N2O/c1-11-7-13(3,4)9-14(8-11,10-15)16-12(2)5-6-17/h11-12,16-17H,5-10,15H2,1-4H3. The molecule has 3 atom stereocenters. The molecular weight excluding hydrogens is 212 g/mol. The number of aliphatic hydroxyl groups excluding tert-OH is 1. The second kappa shape index (κ2) is 5.68. The molecule has 1 aliphatic rings. The summed E-state index contributed by atoms with van der Waals surface area (Å²) in [5.74, 6) is 0.719. The van der Waals surface area contributed by atoms with Crippen LogP contribution in [0.3, 0.4) is 0 Å². The van der Waals surface area contributed by atoms with Gasteiger partial charge in [-0.2, -0.15) is 0 Å². The van der Waals surface area contributed by atoms with Crippen molar-refractivity contribution in [3.8, 4) is 0 Å². The first-order chi connectivity index (χ1) is 7.82. The van der Waals surface area contributed by atoms with Gasteiger partial charge in [0.15, 0.2) is 0 Å². The minimum absolute atomic E-state index is 0.0652. The fourth-order valence-corrected chi connectivity index (χ4v) is 3.86. The van der Waals surface area contributed by atoms with Crippen molar-refractivity contribution in [3.05, 3.63) is 0 Å². The summed E-state index contributed by atoms with van der Waals surface area (Å²) in [5, 5.41) is 12.7. The zero-order valence-corrected chi connectivity index (χ0v) is 11.9. The zero-order valence-electron chi connectivity index (χ0n) is 11.9. The summed E-state index contributed by atoms with van der Waals surface area (Å²) < 4.78 is 0. The van der Waals surface area contributed by atoms with Gasteiger partial charge in [-0.3, -0.25) is 0 Å². The van der Waals surface area contributed by atoms with E-state index in [1.165, 1.54) is 6.42 Å². The Kier molecular flexibility index (Phi) is 4.99. The predicted molar refractivity (Wildman–Crippen MR) is 72.9 cm³/mol. The van der Waals surface area contributed by atoms with Crippen molar-refractivity contribution in [1.29, 1.82) is 0 Å². The highest BCUT2D eigenvalue weighted by Gasteiger charge is 2.42. The molecule has 0 aromatic heterocycles. The van der Waals surface area contributed by atoms with Crippen LogP contribution in [-0.4, -0.2) is 29.8 Å². The average Bonchev–Trinajstić information content (AvgIpc) is 2.14. The summed E-state index contributed by atoms with van der Waals surface area (Å²) in [6.07, 6.45) is 4.38. The molecule has 17 heavy (non-hydrogen) atoms. The normalized spacial score (nSPS) is 34.6. The molecule has 1 saturated carbocycles. The van der Waals surface area contributed by atoms with Crippen molar-refractivity contribution < 1.29 is 5.11 Å². The van der Waals surface area contributed by atoms with E-state index in [-0.39, 0.29) is 12.1 Å². The van der Waals surface area contributed by atoms with Gasteiger partial charge in [0.2, 0.25) is 0 Å². The third-order valence-corrected chi connectivity index (χ3v) is 3.96. The van der Waals surface area contributed by atoms with Crippen molar-refractivity contribution in [2.75, 3.05) is 13.2 Å². The third kappa shape index (κ3) is 4.23. The summed E-state index contributed by atoms with van der Waals surface area (Å²) in [5.41, 5.74) is 6.47. The maximum Gasteiger partial charge on any atom is 0.0445 e. The van der Waals surface area contributed by atoms with Gasteiger partial charge in [-0.05, 0) is 43.9 Å². The van der Waals surface area contributed by atoms with E-state index < -0.39 is 0 Å². The Bertz CT molecular complexity index is 242. The molecule has 0 aliphatic heterocycles. The van der Waals surface area contributed by atoms with Crippen molar-refractivity contribution in [2.24, 2.45) is 17.1 Å². The van der Waals surface area contributed by atoms with Gasteiger partial charge in [0.05, 0.1) is 0 Å². The number of hydrogen-bond donors (Lipinski definition) is 3. The largest absolute Gasteiger partial charge is 0.396 e. The van der Waals surface area contributed by atoms with Crippen molar-refractivity contribution in [3.63, 3.8) is 0 Å². The van der Waals surface area contributed by atoms with E-state index in [1.807, 2.05) is 0 Å². The Balaban J connectivity index is 2.72. The minimum atomic E-state index is 0.0652. The summed E-state index contributed by atoms with van der Waals surface area (Å²) in [4.78, 5) is 0. The van der Waals surface area contributed by atoms with Crippen LogP contribution in [0.5, 0.6) is 0 Å². The molecule has 4 N–H and O–H groups in total. The highest BCUT2D eigenvalue weighted by Crippen LogP contribution is 2.43. The van der Waals surface area contributed by atoms with Crippen molar-refractivity contribution in [1.82, 2.24) is 5.32 Å². The first-order valence-corrected chi connectivity index (χ1v) is 6.91. The summed E-state index contributed by atoms with van der Waals surface area (Å²) in [7, 11) is 0. The molecular formula is C14H30N2O. The molecule has 102 valence electrons. The number of nitrogens with two attached hydrogens (primary N) is 1. The smallest absolute Gasteiger partial charge is 0.0445 e. The molecule has 0 amide bonds. The lowest BCUT2D eigenvalue weighted by atomic mass is 9.64. The zero-order chi connectivity index (χ0) is 13.1. The summed E-state index contributed by atoms with van der Waals surface area (Å²) in [6, 6.07) is 0.338. The first-order valence-electron chi connectivity index (χ1n) is 6.91. The van der Waals surface area contributed by atoms with E-state index in [0.29, 0.717) is 18.0 Å². The molecule has 0 radical (unpaired) electrons. The topological polar surface area (TPSA) is 58.3 Å². The number of aliphatic hydroxyl groups is 1. The second-order valence-electron chi connectivity index (χ2n) is 6.90. The maximum atomic E-state index is 9.01. The Hall–Kier alpha value is -0.120. The van der Waals surface area contributed by atoms with Gasteiger partial charge >= 0.3 is 0 Å². The Labute approximate surface area is 106 Å². The maximum absolute atomic E-state index is 9.01. The van der Waals surface area contributed by atoms with Crippen LogP contribution >= 0.6 is 0 Å². The van der Waals surface area contributed by atoms with Gasteiger partial charge < -0.3 is 16.2 Å². The molecule has 3 nitrogen and oxygen atoms in total. The van der Waals surface area contributed by atoms with Crippen LogP contribution in [0.1, 0.15) is 53.4 Å². The SMILES string of the molecule is CC1CC(C)(C)CC(CN)(NC(C)CCO)C1. The third-order valence-electron chi connectivity index (χ3n) is 3.96. The molecule has 1 fully saturated rings. The molecule has 1 rings (SSSR count). The van der Waals surface area contributed by atoms with Gasteiger partial charge in [-0.25, -0.2) is 0 Å². The number of hydrogen-bond acceptors (Lipinski definition) is 3. The Morgan fingerprint density at radius 3 is 2.53 bits per heavy atom. The van der Waals surface area contributed by atoms with Gasteiger partial charge in [-0.1, -0.05) is 20.8 Å². The van der Waals surface area contributed by atoms with Crippen LogP contribution in [0.15, 0.2) is 0 Å². The van der Waals surface area contributed by atoms with Gasteiger partial charge in [0, 0.05) is 24.7 Å². The van der Waals surface area contributed by atoms with Crippen molar-refractivity contribution >= 4 is 0 Å². The lowest BCUT2D eigenvalue weighted by Gasteiger charge is -2.49. The van der Waals surface area contributed by atoms with Crippen LogP contribution in [0.4, 0.5) is 0 Å². The summed E-state index contributed by atoms with van der Waals surface area (Å²) >= 11 is 0. The minimum Gasteiger partial charge on any atom is -0.396 e. The molecule has 0 aromatic carbocycles. The lowest BCUT2D eigenvalue weighted by molar-refractivity contribution is 0.0758. The van der Waals surface area contributed by atoms with E-state index in [4.69, 9.17) is 10.8 Å². The molecule has 0 spiro atoms. The van der Waals surface area contributed by atoms with E-state index >= 15 is 0 Å². The van der Waals surface area contributed by atoms with Crippen LogP contribution in [0.2, 0.25) is 0 Å². The Morgan fingerprint density at radius 2 is 2.06 bits per heavy atom. The second-order valence-corrected chi connectivity index (χ2v) is 6.90. The van der Waals surface area contributed by atoms with Gasteiger partial charge in [0.25, 0.3) is 0 Å². The fraction of sp³-hybridized carbons (Fsp3) is 1.00. The highest BCUT2D eigenvalue weighted by atomic mass is 16.3. The highest BCUT2D eigenvalue weighted by molar-refractivity contribution is 5.00. The predicted octanol–water partition coefficient (Wildman–Crippen LogP) is 1.89. The van der Waals surface area contributed by atoms with Gasteiger partial charge in [-0.15, -0.1) is 0 Å². The summed E-state index contributed by atoms with van der Waals surface area (Å²) in [6.45, 7) is 10.1. The van der Waals surface area contributed by atoms with E-state index in [2.05, 4.69) is 33.0 Å². The number of rotatable bonds is 5. The lowest BCUT2D eigenvalue weighted by Crippen LogP contribution is -2.59. The first kappa shape index (κ1) is 14.9. The van der Waals surface area contributed by atoms with Crippen molar-refractivity contribution in [2.45, 2.75) is 65.0 Å². The molecule has 3 unspecified atom stereocenters. The van der Waals surface area contributed by atoms with E-state index in [1.54, 1.807) is 0 Å². The van der Waals surface area contributed by atoms with E-state index in [9.17, 15) is 0 Å². The van der Waals surface area contributed by atoms with Crippen LogP contribution in [-0.2, 0) is 0 Å². The number of nitrogens with one attached hydrogen (secondary N) is 1. The molecule has 3 heteroatoms. The fourth-order valence-electron chi connectivity index (χ4n) is 3.86. The molecule has 0 bridgehead atoms. The Morgan fingerprint density at radius 1 is 1.41 bits per heavy atom. The average molecular weight is 242 g/mol. The van der Waals surface area contributed by atoms with Crippen LogP contribution < -0.4 is 11.1 Å². The van der Waals surface area contributed by atoms with Crippen LogP contribution in [0.25, 0.3) is 0 Å². The molecule has 0 saturated heterocycles. The molecule has 0 aromatic rings. The molecule has 0 heterocycles.